The van der Waals surface area contributed by atoms with Gasteiger partial charge in [-0.2, -0.15) is 0 Å². The van der Waals surface area contributed by atoms with E-state index >= 15 is 0 Å². The zero-order chi connectivity index (χ0) is 16.2. The lowest BCUT2D eigenvalue weighted by atomic mass is 10.2. The van der Waals surface area contributed by atoms with E-state index in [4.69, 9.17) is 0 Å². The van der Waals surface area contributed by atoms with Crippen LogP contribution < -0.4 is 15.8 Å². The van der Waals surface area contributed by atoms with Gasteiger partial charge in [-0.1, -0.05) is 0 Å². The number of anilines is 1. The van der Waals surface area contributed by atoms with E-state index < -0.39 is 0 Å². The van der Waals surface area contributed by atoms with E-state index in [2.05, 4.69) is 32.1 Å². The zero-order valence-corrected chi connectivity index (χ0v) is 13.6. The fourth-order valence-corrected chi connectivity index (χ4v) is 2.91. The summed E-state index contributed by atoms with van der Waals surface area (Å²) in [7, 11) is 1.76. The molecule has 122 valence electrons. The first-order valence-electron chi connectivity index (χ1n) is 8.02. The Morgan fingerprint density at radius 1 is 1.43 bits per heavy atom. The molecule has 0 bridgehead atoms. The minimum atomic E-state index is -0.0820. The van der Waals surface area contributed by atoms with Gasteiger partial charge in [-0.15, -0.1) is 0 Å². The summed E-state index contributed by atoms with van der Waals surface area (Å²) in [6, 6.07) is 3.74. The van der Waals surface area contributed by atoms with Crippen LogP contribution in [-0.4, -0.2) is 45.2 Å². The summed E-state index contributed by atoms with van der Waals surface area (Å²) < 4.78 is 1.60. The van der Waals surface area contributed by atoms with Crippen molar-refractivity contribution in [3.63, 3.8) is 0 Å². The van der Waals surface area contributed by atoms with Crippen molar-refractivity contribution >= 4 is 5.95 Å². The van der Waals surface area contributed by atoms with Gasteiger partial charge in [-0.25, -0.2) is 15.0 Å². The molecule has 0 radical (unpaired) electrons. The molecule has 23 heavy (non-hydrogen) atoms. The Morgan fingerprint density at radius 3 is 2.96 bits per heavy atom. The Morgan fingerprint density at radius 2 is 2.30 bits per heavy atom. The fourth-order valence-electron chi connectivity index (χ4n) is 2.91. The highest BCUT2D eigenvalue weighted by Crippen LogP contribution is 2.17. The third-order valence-corrected chi connectivity index (χ3v) is 4.22. The Hall–Kier alpha value is -2.28. The second kappa shape index (κ2) is 6.87. The van der Waals surface area contributed by atoms with Crippen LogP contribution in [0.1, 0.15) is 19.8 Å². The standard InChI is InChI=1S/C16H22N6O/c1-3-22(10-12-5-4-7-18-12)16-20-14(9-15(23)21(16)2)13-6-8-17-11-19-13/h6,8-9,11-12,18H,3-5,7,10H2,1-2H3/t12-/m1/s1. The topological polar surface area (TPSA) is 75.9 Å². The Kier molecular flexibility index (Phi) is 4.66. The van der Waals surface area contributed by atoms with E-state index in [0.29, 0.717) is 23.4 Å². The molecule has 7 nitrogen and oxygen atoms in total. The van der Waals surface area contributed by atoms with Crippen LogP contribution >= 0.6 is 0 Å². The van der Waals surface area contributed by atoms with Crippen LogP contribution in [0.3, 0.4) is 0 Å². The Bertz CT molecular complexity index is 708. The number of hydrogen-bond donors (Lipinski definition) is 1. The first kappa shape index (κ1) is 15.6. The van der Waals surface area contributed by atoms with Crippen LogP contribution in [0.2, 0.25) is 0 Å². The van der Waals surface area contributed by atoms with E-state index in [1.807, 2.05) is 0 Å². The lowest BCUT2D eigenvalue weighted by molar-refractivity contribution is 0.572. The molecule has 1 atom stereocenters. The molecule has 2 aromatic heterocycles. The number of aromatic nitrogens is 4. The monoisotopic (exact) mass is 314 g/mol. The van der Waals surface area contributed by atoms with Crippen molar-refractivity contribution in [2.75, 3.05) is 24.5 Å². The van der Waals surface area contributed by atoms with Gasteiger partial charge in [0.1, 0.15) is 6.33 Å². The Labute approximate surface area is 135 Å². The summed E-state index contributed by atoms with van der Waals surface area (Å²) >= 11 is 0. The van der Waals surface area contributed by atoms with E-state index in [9.17, 15) is 4.79 Å². The third kappa shape index (κ3) is 3.39. The van der Waals surface area contributed by atoms with Gasteiger partial charge in [0.15, 0.2) is 0 Å². The van der Waals surface area contributed by atoms with E-state index in [-0.39, 0.29) is 5.56 Å². The van der Waals surface area contributed by atoms with Crippen LogP contribution in [0.25, 0.3) is 11.4 Å². The normalized spacial score (nSPS) is 17.4. The van der Waals surface area contributed by atoms with Gasteiger partial charge < -0.3 is 10.2 Å². The summed E-state index contributed by atoms with van der Waals surface area (Å²) in [5.74, 6) is 0.683. The molecule has 0 saturated carbocycles. The molecule has 0 aliphatic carbocycles. The molecule has 1 saturated heterocycles. The zero-order valence-electron chi connectivity index (χ0n) is 13.6. The maximum absolute atomic E-state index is 12.3. The number of nitrogens with zero attached hydrogens (tertiary/aromatic N) is 5. The van der Waals surface area contributed by atoms with Crippen LogP contribution in [0, 0.1) is 0 Å². The lowest BCUT2D eigenvalue weighted by Crippen LogP contribution is -2.40. The molecule has 2 aromatic rings. The van der Waals surface area contributed by atoms with Crippen LogP contribution in [0.15, 0.2) is 29.5 Å². The molecule has 0 aromatic carbocycles. The lowest BCUT2D eigenvalue weighted by Gasteiger charge is -2.27. The number of hydrogen-bond acceptors (Lipinski definition) is 6. The van der Waals surface area contributed by atoms with E-state index in [1.165, 1.54) is 18.8 Å². The summed E-state index contributed by atoms with van der Waals surface area (Å²) in [6.45, 7) is 4.80. The highest BCUT2D eigenvalue weighted by Gasteiger charge is 2.20. The summed E-state index contributed by atoms with van der Waals surface area (Å²) in [5.41, 5.74) is 1.17. The third-order valence-electron chi connectivity index (χ3n) is 4.22. The molecule has 0 unspecified atom stereocenters. The molecule has 1 aliphatic heterocycles. The molecule has 1 aliphatic rings. The maximum Gasteiger partial charge on any atom is 0.255 e. The van der Waals surface area contributed by atoms with Gasteiger partial charge in [-0.3, -0.25) is 9.36 Å². The molecule has 3 rings (SSSR count). The fraction of sp³-hybridized carbons (Fsp3) is 0.500. The summed E-state index contributed by atoms with van der Waals surface area (Å²) in [5, 5.41) is 3.49. The van der Waals surface area contributed by atoms with Gasteiger partial charge in [0.2, 0.25) is 5.95 Å². The largest absolute Gasteiger partial charge is 0.341 e. The van der Waals surface area contributed by atoms with Crippen molar-refractivity contribution < 1.29 is 0 Å². The first-order valence-corrected chi connectivity index (χ1v) is 8.02. The molecule has 3 heterocycles. The van der Waals surface area contributed by atoms with E-state index in [1.54, 1.807) is 23.9 Å². The van der Waals surface area contributed by atoms with Crippen LogP contribution in [0.4, 0.5) is 5.95 Å². The van der Waals surface area contributed by atoms with Crippen molar-refractivity contribution in [3.8, 4) is 11.4 Å². The highest BCUT2D eigenvalue weighted by atomic mass is 16.1. The number of nitrogens with one attached hydrogen (secondary N) is 1. The second-order valence-electron chi connectivity index (χ2n) is 5.77. The van der Waals surface area contributed by atoms with Crippen molar-refractivity contribution in [2.45, 2.75) is 25.8 Å². The van der Waals surface area contributed by atoms with Crippen molar-refractivity contribution in [1.29, 1.82) is 0 Å². The van der Waals surface area contributed by atoms with Gasteiger partial charge in [-0.05, 0) is 32.4 Å². The van der Waals surface area contributed by atoms with E-state index in [0.717, 1.165) is 26.1 Å². The molecular weight excluding hydrogens is 292 g/mol. The Balaban J connectivity index is 1.96. The quantitative estimate of drug-likeness (QED) is 0.880. The first-order chi connectivity index (χ1) is 11.2. The second-order valence-corrected chi connectivity index (χ2v) is 5.77. The average molecular weight is 314 g/mol. The van der Waals surface area contributed by atoms with Gasteiger partial charge in [0.05, 0.1) is 11.4 Å². The highest BCUT2D eigenvalue weighted by molar-refractivity contribution is 5.55. The van der Waals surface area contributed by atoms with Crippen LogP contribution in [-0.2, 0) is 7.05 Å². The van der Waals surface area contributed by atoms with Crippen molar-refractivity contribution in [3.05, 3.63) is 35.0 Å². The summed E-state index contributed by atoms with van der Waals surface area (Å²) in [6.07, 6.45) is 5.49. The van der Waals surface area contributed by atoms with Crippen molar-refractivity contribution in [1.82, 2.24) is 24.8 Å². The molecule has 0 spiro atoms. The van der Waals surface area contributed by atoms with Gasteiger partial charge >= 0.3 is 0 Å². The number of rotatable bonds is 5. The van der Waals surface area contributed by atoms with Crippen LogP contribution in [0.5, 0.6) is 0 Å². The maximum atomic E-state index is 12.3. The molecule has 1 N–H and O–H groups in total. The summed E-state index contributed by atoms with van der Waals surface area (Å²) in [4.78, 5) is 27.3. The molecule has 0 amide bonds. The number of likely N-dealkylation sites (N-methyl/N-ethyl adjacent to an activating group) is 1. The van der Waals surface area contributed by atoms with Gasteiger partial charge in [0, 0.05) is 38.4 Å². The molecular formula is C16H22N6O. The average Bonchev–Trinajstić information content (AvgIpc) is 3.09. The minimum Gasteiger partial charge on any atom is -0.341 e. The molecule has 7 heteroatoms. The SMILES string of the molecule is CCN(C[C@H]1CCCN1)c1nc(-c2ccncn2)cc(=O)n1C. The smallest absolute Gasteiger partial charge is 0.255 e. The predicted molar refractivity (Wildman–Crippen MR) is 89.4 cm³/mol. The van der Waals surface area contributed by atoms with Crippen molar-refractivity contribution in [2.24, 2.45) is 7.05 Å². The molecule has 1 fully saturated rings. The minimum absolute atomic E-state index is 0.0820. The predicted octanol–water partition coefficient (Wildman–Crippen LogP) is 0.816. The van der Waals surface area contributed by atoms with Gasteiger partial charge in [0.25, 0.3) is 5.56 Å².